The van der Waals surface area contributed by atoms with Crippen molar-refractivity contribution in [1.29, 1.82) is 0 Å². The number of aliphatic hydroxyl groups is 1. The van der Waals surface area contributed by atoms with Gasteiger partial charge in [0.1, 0.15) is 6.10 Å². The number of phenols is 1. The van der Waals surface area contributed by atoms with Crippen LogP contribution >= 0.6 is 0 Å². The monoisotopic (exact) mass is 531 g/mol. The number of rotatable bonds is 6. The predicted octanol–water partition coefficient (Wildman–Crippen LogP) is 3.40. The molecule has 3 fully saturated rings. The molecule has 1 amide bonds. The van der Waals surface area contributed by atoms with Crippen LogP contribution < -0.4 is 4.74 Å². The number of non-ortho nitro benzene ring substituents is 1. The van der Waals surface area contributed by atoms with Crippen molar-refractivity contribution in [2.24, 2.45) is 5.92 Å². The Kier molecular flexibility index (Phi) is 5.38. The molecule has 9 heteroatoms. The van der Waals surface area contributed by atoms with Gasteiger partial charge in [-0.25, -0.2) is 0 Å². The van der Waals surface area contributed by atoms with E-state index in [-0.39, 0.29) is 29.4 Å². The number of hydrogen-bond donors (Lipinski definition) is 2. The summed E-state index contributed by atoms with van der Waals surface area (Å²) >= 11 is 0. The second kappa shape index (κ2) is 8.53. The Morgan fingerprint density at radius 1 is 1.26 bits per heavy atom. The van der Waals surface area contributed by atoms with Gasteiger partial charge in [0.15, 0.2) is 11.5 Å². The maximum atomic E-state index is 13.4. The van der Waals surface area contributed by atoms with E-state index in [1.165, 1.54) is 31.1 Å². The summed E-state index contributed by atoms with van der Waals surface area (Å²) in [4.78, 5) is 28.2. The first-order chi connectivity index (χ1) is 18.7. The highest BCUT2D eigenvalue weighted by atomic mass is 16.6. The van der Waals surface area contributed by atoms with Crippen LogP contribution in [0.15, 0.2) is 42.5 Å². The number of carbonyl (C=O) groups is 1. The van der Waals surface area contributed by atoms with Crippen LogP contribution in [0.5, 0.6) is 11.5 Å². The molecule has 204 valence electrons. The van der Waals surface area contributed by atoms with E-state index in [4.69, 9.17) is 4.74 Å². The second-order valence-corrected chi connectivity index (χ2v) is 12.0. The van der Waals surface area contributed by atoms with E-state index in [9.17, 15) is 25.1 Å². The SMILES string of the molecule is CN(C(=O)/C=C/c1cccc([N+](=O)[O-])c1)C1CC[C@@]2(O)[C@H]3Cc4ccc(O)c5c4[C@@]2(CCN3CC2CC2)C1O5. The van der Waals surface area contributed by atoms with Gasteiger partial charge in [0, 0.05) is 43.4 Å². The Balaban J connectivity index is 1.22. The van der Waals surface area contributed by atoms with Crippen molar-refractivity contribution in [1.82, 2.24) is 9.80 Å². The van der Waals surface area contributed by atoms with Gasteiger partial charge in [0.2, 0.25) is 5.91 Å². The van der Waals surface area contributed by atoms with Gasteiger partial charge in [-0.2, -0.15) is 0 Å². The molecule has 2 unspecified atom stereocenters. The van der Waals surface area contributed by atoms with Gasteiger partial charge in [-0.05, 0) is 74.3 Å². The lowest BCUT2D eigenvalue weighted by Gasteiger charge is -2.64. The number of hydrogen-bond acceptors (Lipinski definition) is 7. The van der Waals surface area contributed by atoms with Gasteiger partial charge < -0.3 is 19.8 Å². The van der Waals surface area contributed by atoms with Crippen LogP contribution in [0, 0.1) is 16.0 Å². The lowest BCUT2D eigenvalue weighted by Crippen LogP contribution is -2.78. The number of ether oxygens (including phenoxy) is 1. The minimum Gasteiger partial charge on any atom is -0.504 e. The zero-order valence-corrected chi connectivity index (χ0v) is 22.0. The van der Waals surface area contributed by atoms with Crippen molar-refractivity contribution in [2.45, 2.75) is 67.7 Å². The van der Waals surface area contributed by atoms with Gasteiger partial charge in [-0.1, -0.05) is 18.2 Å². The van der Waals surface area contributed by atoms with Gasteiger partial charge in [-0.3, -0.25) is 19.8 Å². The van der Waals surface area contributed by atoms with Crippen molar-refractivity contribution in [3.8, 4) is 11.5 Å². The Hall–Kier alpha value is -3.43. The van der Waals surface area contributed by atoms with Gasteiger partial charge >= 0.3 is 0 Å². The number of nitro benzene ring substituents is 1. The maximum absolute atomic E-state index is 13.4. The van der Waals surface area contributed by atoms with E-state index in [1.807, 2.05) is 6.07 Å². The maximum Gasteiger partial charge on any atom is 0.270 e. The fourth-order valence-electron chi connectivity index (χ4n) is 8.04. The molecule has 5 aliphatic rings. The molecule has 2 bridgehead atoms. The number of likely N-dealkylation sites (N-methyl/N-ethyl adjacent to an activating group) is 1. The zero-order chi connectivity index (χ0) is 27.1. The van der Waals surface area contributed by atoms with Crippen LogP contribution in [-0.4, -0.2) is 74.8 Å². The van der Waals surface area contributed by atoms with E-state index < -0.39 is 22.0 Å². The van der Waals surface area contributed by atoms with Crippen molar-refractivity contribution in [3.63, 3.8) is 0 Å². The van der Waals surface area contributed by atoms with E-state index >= 15 is 0 Å². The number of aromatic hydroxyl groups is 1. The van der Waals surface area contributed by atoms with Crippen molar-refractivity contribution >= 4 is 17.7 Å². The molecule has 1 spiro atoms. The minimum absolute atomic E-state index is 0.0170. The molecule has 2 N–H and O–H groups in total. The minimum atomic E-state index is -1.00. The summed E-state index contributed by atoms with van der Waals surface area (Å²) in [6.45, 7) is 1.87. The van der Waals surface area contributed by atoms with E-state index in [1.54, 1.807) is 36.2 Å². The molecular formula is C30H33N3O6. The third-order valence-electron chi connectivity index (χ3n) is 10.1. The van der Waals surface area contributed by atoms with Crippen molar-refractivity contribution in [3.05, 3.63) is 69.3 Å². The topological polar surface area (TPSA) is 116 Å². The molecule has 39 heavy (non-hydrogen) atoms. The number of nitrogens with zero attached hydrogens (tertiary/aromatic N) is 3. The molecule has 2 aromatic rings. The molecule has 2 aromatic carbocycles. The average Bonchev–Trinajstić information content (AvgIpc) is 3.67. The first-order valence-electron chi connectivity index (χ1n) is 13.9. The molecule has 9 nitrogen and oxygen atoms in total. The van der Waals surface area contributed by atoms with Gasteiger partial charge in [0.25, 0.3) is 5.69 Å². The molecule has 5 atom stereocenters. The van der Waals surface area contributed by atoms with Gasteiger partial charge in [0.05, 0.1) is 22.0 Å². The van der Waals surface area contributed by atoms with E-state index in [0.717, 1.165) is 30.6 Å². The first kappa shape index (κ1) is 24.6. The average molecular weight is 532 g/mol. The summed E-state index contributed by atoms with van der Waals surface area (Å²) in [6.07, 6.45) is 7.62. The normalized spacial score (nSPS) is 32.5. The Bertz CT molecular complexity index is 1410. The number of likely N-dealkylation sites (tertiary alicyclic amines) is 1. The molecule has 1 saturated heterocycles. The summed E-state index contributed by atoms with van der Waals surface area (Å²) in [5.74, 6) is 1.02. The Morgan fingerprint density at radius 2 is 2.08 bits per heavy atom. The quantitative estimate of drug-likeness (QED) is 0.333. The molecule has 2 aliphatic heterocycles. The van der Waals surface area contributed by atoms with Crippen molar-refractivity contribution in [2.75, 3.05) is 20.1 Å². The number of piperidine rings is 1. The third-order valence-corrected chi connectivity index (χ3v) is 10.1. The lowest BCUT2D eigenvalue weighted by molar-refractivity contribution is -0.384. The zero-order valence-electron chi connectivity index (χ0n) is 22.0. The summed E-state index contributed by atoms with van der Waals surface area (Å²) in [6, 6.07) is 9.51. The highest BCUT2D eigenvalue weighted by molar-refractivity contribution is 5.92. The molecule has 0 aromatic heterocycles. The Labute approximate surface area is 226 Å². The summed E-state index contributed by atoms with van der Waals surface area (Å²) < 4.78 is 6.57. The smallest absolute Gasteiger partial charge is 0.270 e. The number of carbonyl (C=O) groups excluding carboxylic acids is 1. The largest absolute Gasteiger partial charge is 0.504 e. The highest BCUT2D eigenvalue weighted by Gasteiger charge is 2.73. The molecule has 3 aliphatic carbocycles. The Morgan fingerprint density at radius 3 is 2.85 bits per heavy atom. The molecule has 7 rings (SSSR count). The molecule has 2 heterocycles. The number of phenolic OH excluding ortho intramolecular Hbond substituents is 1. The number of nitro groups is 1. The fraction of sp³-hybridized carbons (Fsp3) is 0.500. The van der Waals surface area contributed by atoms with Crippen LogP contribution in [0.4, 0.5) is 5.69 Å². The summed E-state index contributed by atoms with van der Waals surface area (Å²) in [5.41, 5.74) is 0.906. The van der Waals surface area contributed by atoms with Crippen LogP contribution in [0.1, 0.15) is 48.8 Å². The standard InChI is InChI=1S/C30H33N3O6/c1-31(25(35)10-7-18-3-2-4-21(15-18)33(37)38)22-11-12-30(36)24-16-20-8-9-23(34)27-26(20)29(30,28(22)39-27)13-14-32(24)17-19-5-6-19/h2-4,7-10,15,19,22,24,28,34,36H,5-6,11-14,16-17H2,1H3/b10-7+/t22?,24-,28?,29+,30-/m1/s1. The second-order valence-electron chi connectivity index (χ2n) is 12.0. The molecular weight excluding hydrogens is 498 g/mol. The molecule has 0 radical (unpaired) electrons. The lowest BCUT2D eigenvalue weighted by atomic mass is 9.48. The van der Waals surface area contributed by atoms with Gasteiger partial charge in [-0.15, -0.1) is 0 Å². The number of amides is 1. The van der Waals surface area contributed by atoms with Crippen molar-refractivity contribution < 1.29 is 24.7 Å². The number of benzene rings is 2. The highest BCUT2D eigenvalue weighted by Crippen LogP contribution is 2.66. The van der Waals surface area contributed by atoms with Crippen LogP contribution in [0.3, 0.4) is 0 Å². The summed E-state index contributed by atoms with van der Waals surface area (Å²) in [7, 11) is 1.75. The van der Waals surface area contributed by atoms with Crippen LogP contribution in [-0.2, 0) is 16.6 Å². The van der Waals surface area contributed by atoms with Crippen LogP contribution in [0.2, 0.25) is 0 Å². The fourth-order valence-corrected chi connectivity index (χ4v) is 8.04. The summed E-state index contributed by atoms with van der Waals surface area (Å²) in [5, 5.41) is 34.5. The molecule has 2 saturated carbocycles. The predicted molar refractivity (Wildman–Crippen MR) is 143 cm³/mol. The van der Waals surface area contributed by atoms with Crippen LogP contribution in [0.25, 0.3) is 6.08 Å². The first-order valence-corrected chi connectivity index (χ1v) is 13.9. The third kappa shape index (κ3) is 3.49. The van der Waals surface area contributed by atoms with E-state index in [2.05, 4.69) is 4.90 Å². The van der Waals surface area contributed by atoms with E-state index in [0.29, 0.717) is 36.5 Å².